The Kier molecular flexibility index (Phi) is 3.16. The molecule has 1 heterocycles. The molecule has 0 unspecified atom stereocenters. The van der Waals surface area contributed by atoms with Gasteiger partial charge in [0.05, 0.1) is 16.6 Å². The van der Waals surface area contributed by atoms with Crippen LogP contribution in [0, 0.1) is 6.54 Å². The summed E-state index contributed by atoms with van der Waals surface area (Å²) in [6, 6.07) is 5.71. The largest absolute Gasteiger partial charge is 0.364 e. The zero-order valence-electron chi connectivity index (χ0n) is 7.63. The molecule has 1 radical (unpaired) electrons. The summed E-state index contributed by atoms with van der Waals surface area (Å²) in [5.41, 5.74) is 1.10. The molecule has 1 aromatic rings. The van der Waals surface area contributed by atoms with Gasteiger partial charge in [-0.3, -0.25) is 0 Å². The van der Waals surface area contributed by atoms with Crippen molar-refractivity contribution in [2.24, 2.45) is 0 Å². The number of rotatable bonds is 1. The van der Waals surface area contributed by atoms with Crippen LogP contribution in [-0.2, 0) is 0 Å². The first kappa shape index (κ1) is 10.1. The van der Waals surface area contributed by atoms with Crippen LogP contribution in [0.2, 0.25) is 10.0 Å². The smallest absolute Gasteiger partial charge is 0.0630 e. The van der Waals surface area contributed by atoms with Crippen molar-refractivity contribution < 1.29 is 0 Å². The Balaban J connectivity index is 2.18. The lowest BCUT2D eigenvalue weighted by Gasteiger charge is -2.28. The Morgan fingerprint density at radius 2 is 2.07 bits per heavy atom. The fourth-order valence-corrected chi connectivity index (χ4v) is 1.76. The first-order valence-electron chi connectivity index (χ1n) is 4.53. The zero-order valence-corrected chi connectivity index (χ0v) is 9.15. The van der Waals surface area contributed by atoms with Crippen molar-refractivity contribution >= 4 is 28.9 Å². The Labute approximate surface area is 93.8 Å². The summed E-state index contributed by atoms with van der Waals surface area (Å²) >= 11 is 11.8. The summed E-state index contributed by atoms with van der Waals surface area (Å²) in [5.74, 6) is 0. The molecule has 1 aromatic carbocycles. The summed E-state index contributed by atoms with van der Waals surface area (Å²) in [6.45, 7) is 4.98. The van der Waals surface area contributed by atoms with E-state index < -0.39 is 0 Å². The molecule has 1 aliphatic rings. The lowest BCUT2D eigenvalue weighted by molar-refractivity contribution is 0.640. The third-order valence-electron chi connectivity index (χ3n) is 2.22. The first-order valence-corrected chi connectivity index (χ1v) is 5.29. The van der Waals surface area contributed by atoms with E-state index in [1.165, 1.54) is 0 Å². The minimum absolute atomic E-state index is 0.602. The molecule has 1 aliphatic heterocycles. The van der Waals surface area contributed by atoms with Crippen molar-refractivity contribution in [2.45, 2.75) is 0 Å². The molecule has 1 N–H and O–H groups in total. The van der Waals surface area contributed by atoms with Crippen molar-refractivity contribution in [3.05, 3.63) is 34.8 Å². The Morgan fingerprint density at radius 3 is 2.71 bits per heavy atom. The molecule has 14 heavy (non-hydrogen) atoms. The van der Waals surface area contributed by atoms with Gasteiger partial charge in [-0.2, -0.15) is 0 Å². The van der Waals surface area contributed by atoms with Crippen LogP contribution in [0.1, 0.15) is 0 Å². The molecule has 0 amide bonds. The Bertz CT molecular complexity index is 322. The first-order chi connectivity index (χ1) is 6.77. The molecule has 0 aromatic heterocycles. The number of benzene rings is 1. The highest BCUT2D eigenvalue weighted by Crippen LogP contribution is 2.27. The van der Waals surface area contributed by atoms with Crippen molar-refractivity contribution in [1.82, 2.24) is 5.32 Å². The lowest BCUT2D eigenvalue weighted by atomic mass is 10.2. The van der Waals surface area contributed by atoms with Gasteiger partial charge in [-0.05, 0) is 18.2 Å². The van der Waals surface area contributed by atoms with Gasteiger partial charge >= 0.3 is 0 Å². The second-order valence-corrected chi connectivity index (χ2v) is 3.99. The third kappa shape index (κ3) is 2.14. The highest BCUT2D eigenvalue weighted by Gasteiger charge is 2.11. The summed E-state index contributed by atoms with van der Waals surface area (Å²) < 4.78 is 0. The quantitative estimate of drug-likeness (QED) is 0.797. The molecule has 1 fully saturated rings. The molecule has 0 aliphatic carbocycles. The van der Waals surface area contributed by atoms with Gasteiger partial charge in [0.25, 0.3) is 0 Å². The molecule has 4 heteroatoms. The van der Waals surface area contributed by atoms with Crippen molar-refractivity contribution in [2.75, 3.05) is 24.5 Å². The second kappa shape index (κ2) is 4.39. The number of hydrogen-bond donors (Lipinski definition) is 1. The van der Waals surface area contributed by atoms with E-state index in [0.717, 1.165) is 25.3 Å². The van der Waals surface area contributed by atoms with E-state index in [2.05, 4.69) is 16.8 Å². The van der Waals surface area contributed by atoms with E-state index in [9.17, 15) is 0 Å². The average Bonchev–Trinajstić information content (AvgIpc) is 2.23. The van der Waals surface area contributed by atoms with Crippen LogP contribution in [0.3, 0.4) is 0 Å². The molecular formula is C10H11Cl2N2. The minimum atomic E-state index is 0.602. The standard InChI is InChI=1S/C10H11Cl2N2/c11-9-2-1-8(7-10(9)12)14-5-3-13-4-6-14/h1-2,5,7,13H,3-4,6H2. The van der Waals surface area contributed by atoms with Gasteiger partial charge in [-0.1, -0.05) is 23.2 Å². The minimum Gasteiger partial charge on any atom is -0.364 e. The predicted molar refractivity (Wildman–Crippen MR) is 61.0 cm³/mol. The molecule has 2 rings (SSSR count). The fraction of sp³-hybridized carbons (Fsp3) is 0.300. The molecule has 0 spiro atoms. The van der Waals surface area contributed by atoms with Crippen LogP contribution in [0.15, 0.2) is 18.2 Å². The van der Waals surface area contributed by atoms with E-state index in [0.29, 0.717) is 10.0 Å². The number of halogens is 2. The van der Waals surface area contributed by atoms with Crippen LogP contribution >= 0.6 is 23.2 Å². The van der Waals surface area contributed by atoms with Crippen LogP contribution < -0.4 is 10.2 Å². The number of piperazine rings is 1. The fourth-order valence-electron chi connectivity index (χ4n) is 1.47. The topological polar surface area (TPSA) is 15.3 Å². The predicted octanol–water partition coefficient (Wildman–Crippen LogP) is 2.56. The second-order valence-electron chi connectivity index (χ2n) is 3.18. The van der Waals surface area contributed by atoms with Gasteiger partial charge < -0.3 is 10.2 Å². The van der Waals surface area contributed by atoms with Crippen LogP contribution in [0.25, 0.3) is 0 Å². The van der Waals surface area contributed by atoms with Crippen molar-refractivity contribution in [3.8, 4) is 0 Å². The van der Waals surface area contributed by atoms with E-state index in [1.54, 1.807) is 0 Å². The molecule has 2 nitrogen and oxygen atoms in total. The number of nitrogens with zero attached hydrogens (tertiary/aromatic N) is 1. The number of hydrogen-bond acceptors (Lipinski definition) is 2. The van der Waals surface area contributed by atoms with Gasteiger partial charge in [-0.15, -0.1) is 0 Å². The molecule has 0 bridgehead atoms. The van der Waals surface area contributed by atoms with Gasteiger partial charge in [-0.25, -0.2) is 0 Å². The molecular weight excluding hydrogens is 219 g/mol. The lowest BCUT2D eigenvalue weighted by Crippen LogP contribution is -2.39. The monoisotopic (exact) mass is 229 g/mol. The maximum atomic E-state index is 5.94. The maximum Gasteiger partial charge on any atom is 0.0630 e. The maximum absolute atomic E-state index is 5.94. The van der Waals surface area contributed by atoms with Crippen LogP contribution in [0.4, 0.5) is 5.69 Å². The average molecular weight is 230 g/mol. The van der Waals surface area contributed by atoms with Crippen LogP contribution in [0.5, 0.6) is 0 Å². The molecule has 1 saturated heterocycles. The Morgan fingerprint density at radius 1 is 1.21 bits per heavy atom. The summed E-state index contributed by atoms with van der Waals surface area (Å²) in [5, 5.41) is 4.46. The highest BCUT2D eigenvalue weighted by molar-refractivity contribution is 6.42. The molecule has 75 valence electrons. The Hall–Kier alpha value is -0.440. The van der Waals surface area contributed by atoms with Crippen LogP contribution in [-0.4, -0.2) is 19.6 Å². The van der Waals surface area contributed by atoms with Gasteiger partial charge in [0.15, 0.2) is 0 Å². The molecule has 0 atom stereocenters. The van der Waals surface area contributed by atoms with Gasteiger partial charge in [0.2, 0.25) is 0 Å². The normalized spacial score (nSPS) is 17.1. The highest BCUT2D eigenvalue weighted by atomic mass is 35.5. The van der Waals surface area contributed by atoms with E-state index in [-0.39, 0.29) is 0 Å². The van der Waals surface area contributed by atoms with Gasteiger partial charge in [0.1, 0.15) is 0 Å². The number of nitrogens with one attached hydrogen (secondary N) is 1. The summed E-state index contributed by atoms with van der Waals surface area (Å²) in [4.78, 5) is 2.18. The van der Waals surface area contributed by atoms with Crippen molar-refractivity contribution in [3.63, 3.8) is 0 Å². The van der Waals surface area contributed by atoms with E-state index in [1.807, 2.05) is 18.2 Å². The molecule has 0 saturated carbocycles. The summed E-state index contributed by atoms with van der Waals surface area (Å²) in [6.07, 6.45) is 0. The van der Waals surface area contributed by atoms with E-state index >= 15 is 0 Å². The van der Waals surface area contributed by atoms with Crippen molar-refractivity contribution in [1.29, 1.82) is 0 Å². The zero-order chi connectivity index (χ0) is 9.97. The van der Waals surface area contributed by atoms with Gasteiger partial charge in [0, 0.05) is 25.3 Å². The summed E-state index contributed by atoms with van der Waals surface area (Å²) in [7, 11) is 0. The third-order valence-corrected chi connectivity index (χ3v) is 2.96. The SMILES string of the molecule is Clc1ccc(N2[CH]CNCC2)cc1Cl. The van der Waals surface area contributed by atoms with E-state index in [4.69, 9.17) is 23.2 Å². The number of anilines is 1.